The van der Waals surface area contributed by atoms with Crippen LogP contribution in [0.5, 0.6) is 0 Å². The molecule has 2 heterocycles. The van der Waals surface area contributed by atoms with E-state index in [0.717, 1.165) is 73.7 Å². The Morgan fingerprint density at radius 1 is 1.19 bits per heavy atom. The van der Waals surface area contributed by atoms with Gasteiger partial charge in [0.05, 0.1) is 12.7 Å². The van der Waals surface area contributed by atoms with Gasteiger partial charge < -0.3 is 20.4 Å². The van der Waals surface area contributed by atoms with Crippen molar-refractivity contribution in [2.75, 3.05) is 6.61 Å². The van der Waals surface area contributed by atoms with Gasteiger partial charge in [-0.15, -0.1) is 10.2 Å². The minimum absolute atomic E-state index is 0.107. The van der Waals surface area contributed by atoms with Crippen LogP contribution in [-0.4, -0.2) is 39.2 Å². The van der Waals surface area contributed by atoms with Crippen LogP contribution in [-0.2, 0) is 24.6 Å². The second kappa shape index (κ2) is 10.7. The van der Waals surface area contributed by atoms with Crippen LogP contribution in [0.2, 0.25) is 5.02 Å². The number of aromatic nitrogens is 3. The molecule has 4 rings (SSSR count). The highest BCUT2D eigenvalue weighted by atomic mass is 35.5. The molecule has 32 heavy (non-hydrogen) atoms. The average molecular weight is 456 g/mol. The number of hydrogen-bond acceptors (Lipinski definition) is 5. The SMILES string of the molecule is Cn1c(CCc2cccc(Cl)c2)nnc1C1CCC(C(=N)/C=C/[C@@H]2CCC(N)CO2)CC1. The lowest BCUT2D eigenvalue weighted by atomic mass is 9.79. The second-order valence-corrected chi connectivity index (χ2v) is 9.67. The van der Waals surface area contributed by atoms with E-state index in [0.29, 0.717) is 18.4 Å². The van der Waals surface area contributed by atoms with Gasteiger partial charge in [0, 0.05) is 42.1 Å². The lowest BCUT2D eigenvalue weighted by Gasteiger charge is -2.28. The molecule has 1 saturated carbocycles. The van der Waals surface area contributed by atoms with Crippen LogP contribution < -0.4 is 5.73 Å². The maximum absolute atomic E-state index is 8.50. The molecule has 0 radical (unpaired) electrons. The van der Waals surface area contributed by atoms with Crippen LogP contribution in [0.4, 0.5) is 0 Å². The Morgan fingerprint density at radius 2 is 2.00 bits per heavy atom. The predicted octanol–water partition coefficient (Wildman–Crippen LogP) is 4.61. The van der Waals surface area contributed by atoms with E-state index in [9.17, 15) is 0 Å². The molecule has 1 saturated heterocycles. The number of rotatable bonds is 7. The molecule has 1 unspecified atom stereocenters. The summed E-state index contributed by atoms with van der Waals surface area (Å²) in [6.45, 7) is 0.617. The van der Waals surface area contributed by atoms with E-state index >= 15 is 0 Å². The molecule has 2 fully saturated rings. The molecule has 1 aliphatic carbocycles. The summed E-state index contributed by atoms with van der Waals surface area (Å²) >= 11 is 6.10. The van der Waals surface area contributed by atoms with Crippen molar-refractivity contribution in [3.63, 3.8) is 0 Å². The van der Waals surface area contributed by atoms with Crippen molar-refractivity contribution >= 4 is 17.3 Å². The van der Waals surface area contributed by atoms with Gasteiger partial charge in [0.1, 0.15) is 11.6 Å². The van der Waals surface area contributed by atoms with Gasteiger partial charge in [-0.25, -0.2) is 0 Å². The largest absolute Gasteiger partial charge is 0.373 e. The van der Waals surface area contributed by atoms with Crippen LogP contribution >= 0.6 is 11.6 Å². The number of allylic oxidation sites excluding steroid dienone is 1. The number of nitrogens with two attached hydrogens (primary N) is 1. The fraction of sp³-hybridized carbons (Fsp3) is 0.560. The lowest BCUT2D eigenvalue weighted by molar-refractivity contribution is 0.0345. The van der Waals surface area contributed by atoms with E-state index in [2.05, 4.69) is 34.0 Å². The van der Waals surface area contributed by atoms with Crippen molar-refractivity contribution in [3.05, 3.63) is 58.7 Å². The highest BCUT2D eigenvalue weighted by Gasteiger charge is 2.28. The number of aryl methyl sites for hydroxylation is 2. The Bertz CT molecular complexity index is 940. The summed E-state index contributed by atoms with van der Waals surface area (Å²) in [5.74, 6) is 2.84. The van der Waals surface area contributed by atoms with Gasteiger partial charge in [-0.2, -0.15) is 0 Å². The molecule has 1 aliphatic heterocycles. The van der Waals surface area contributed by atoms with Gasteiger partial charge in [-0.1, -0.05) is 29.8 Å². The quantitative estimate of drug-likeness (QED) is 0.596. The molecule has 3 N–H and O–H groups in total. The smallest absolute Gasteiger partial charge is 0.135 e. The number of benzene rings is 1. The minimum Gasteiger partial charge on any atom is -0.373 e. The molecule has 1 aromatic carbocycles. The van der Waals surface area contributed by atoms with Crippen molar-refractivity contribution < 1.29 is 4.74 Å². The van der Waals surface area contributed by atoms with Gasteiger partial charge in [0.2, 0.25) is 0 Å². The highest BCUT2D eigenvalue weighted by Crippen LogP contribution is 2.35. The predicted molar refractivity (Wildman–Crippen MR) is 128 cm³/mol. The molecule has 2 atom stereocenters. The molecule has 0 bridgehead atoms. The van der Waals surface area contributed by atoms with E-state index in [1.165, 1.54) is 5.56 Å². The van der Waals surface area contributed by atoms with E-state index < -0.39 is 0 Å². The first kappa shape index (κ1) is 23.1. The molecule has 0 amide bonds. The third-order valence-corrected chi connectivity index (χ3v) is 7.13. The highest BCUT2D eigenvalue weighted by molar-refractivity contribution is 6.30. The van der Waals surface area contributed by atoms with Crippen LogP contribution in [0.25, 0.3) is 0 Å². The monoisotopic (exact) mass is 455 g/mol. The minimum atomic E-state index is 0.107. The summed E-state index contributed by atoms with van der Waals surface area (Å²) in [5.41, 5.74) is 7.83. The first-order valence-electron chi connectivity index (χ1n) is 11.8. The average Bonchev–Trinajstić information content (AvgIpc) is 3.17. The van der Waals surface area contributed by atoms with Crippen LogP contribution in [0, 0.1) is 11.3 Å². The van der Waals surface area contributed by atoms with Crippen molar-refractivity contribution in [3.8, 4) is 0 Å². The third kappa shape index (κ3) is 5.85. The van der Waals surface area contributed by atoms with Crippen molar-refractivity contribution in [1.29, 1.82) is 5.41 Å². The zero-order valence-corrected chi connectivity index (χ0v) is 19.6. The Hall–Kier alpha value is -2.02. The zero-order valence-electron chi connectivity index (χ0n) is 18.8. The molecule has 2 aliphatic rings. The van der Waals surface area contributed by atoms with Crippen LogP contribution in [0.15, 0.2) is 36.4 Å². The fourth-order valence-corrected chi connectivity index (χ4v) is 5.06. The Kier molecular flexibility index (Phi) is 7.76. The summed E-state index contributed by atoms with van der Waals surface area (Å²) in [5, 5.41) is 18.3. The third-order valence-electron chi connectivity index (χ3n) is 6.89. The fourth-order valence-electron chi connectivity index (χ4n) is 4.85. The normalized spacial score (nSPS) is 26.5. The molecule has 0 spiro atoms. The molecular weight excluding hydrogens is 422 g/mol. The van der Waals surface area contributed by atoms with Gasteiger partial charge in [0.25, 0.3) is 0 Å². The van der Waals surface area contributed by atoms with Crippen molar-refractivity contribution in [1.82, 2.24) is 14.8 Å². The number of ether oxygens (including phenoxy) is 1. The summed E-state index contributed by atoms with van der Waals surface area (Å²) in [7, 11) is 2.08. The number of nitrogens with one attached hydrogen (secondary N) is 1. The lowest BCUT2D eigenvalue weighted by Crippen LogP contribution is -2.34. The van der Waals surface area contributed by atoms with E-state index in [1.54, 1.807) is 0 Å². The molecule has 1 aromatic heterocycles. The van der Waals surface area contributed by atoms with E-state index in [-0.39, 0.29) is 12.1 Å². The molecule has 172 valence electrons. The van der Waals surface area contributed by atoms with Gasteiger partial charge >= 0.3 is 0 Å². The second-order valence-electron chi connectivity index (χ2n) is 9.24. The Balaban J connectivity index is 1.27. The van der Waals surface area contributed by atoms with Crippen LogP contribution in [0.3, 0.4) is 0 Å². The first-order chi connectivity index (χ1) is 15.5. The summed E-state index contributed by atoms with van der Waals surface area (Å²) < 4.78 is 7.91. The van der Waals surface area contributed by atoms with Crippen molar-refractivity contribution in [2.24, 2.45) is 18.7 Å². The molecule has 7 heteroatoms. The van der Waals surface area contributed by atoms with Gasteiger partial charge in [-0.3, -0.25) is 0 Å². The number of hydrogen-bond donors (Lipinski definition) is 2. The number of halogens is 1. The maximum atomic E-state index is 8.50. The van der Waals surface area contributed by atoms with Gasteiger partial charge in [-0.05, 0) is 68.7 Å². The molecule has 2 aromatic rings. The molecule has 6 nitrogen and oxygen atoms in total. The van der Waals surface area contributed by atoms with E-state index in [4.69, 9.17) is 27.5 Å². The van der Waals surface area contributed by atoms with E-state index in [1.807, 2.05) is 24.3 Å². The first-order valence-corrected chi connectivity index (χ1v) is 12.1. The zero-order chi connectivity index (χ0) is 22.5. The molecular formula is C25H34ClN5O. The van der Waals surface area contributed by atoms with Crippen LogP contribution in [0.1, 0.15) is 61.7 Å². The topological polar surface area (TPSA) is 89.8 Å². The maximum Gasteiger partial charge on any atom is 0.135 e. The summed E-state index contributed by atoms with van der Waals surface area (Å²) in [6.07, 6.45) is 12.0. The Labute approximate surface area is 195 Å². The van der Waals surface area contributed by atoms with Gasteiger partial charge in [0.15, 0.2) is 0 Å². The Morgan fingerprint density at radius 3 is 2.72 bits per heavy atom. The summed E-state index contributed by atoms with van der Waals surface area (Å²) in [4.78, 5) is 0. The van der Waals surface area contributed by atoms with Crippen molar-refractivity contribution in [2.45, 2.75) is 69.4 Å². The number of nitrogens with zero attached hydrogens (tertiary/aromatic N) is 3. The standard InChI is InChI=1S/C25H34ClN5O/c1-31-24(14-5-17-3-2-4-20(26)15-17)29-30-25(31)19-8-6-18(7-9-19)23(28)13-12-22-11-10-21(27)16-32-22/h2-4,12-13,15,18-19,21-22,28H,5-11,14,16,27H2,1H3/b13-12+,28-23?/t18?,19?,21?,22-/m0/s1. The summed E-state index contributed by atoms with van der Waals surface area (Å²) in [6, 6.07) is 8.16.